The van der Waals surface area contributed by atoms with E-state index in [0.29, 0.717) is 0 Å². The van der Waals surface area contributed by atoms with Gasteiger partial charge in [0.25, 0.3) is 0 Å². The van der Waals surface area contributed by atoms with Gasteiger partial charge in [-0.25, -0.2) is 0 Å². The molecule has 0 radical (unpaired) electrons. The van der Waals surface area contributed by atoms with Gasteiger partial charge in [-0.15, -0.1) is 0 Å². The number of hydrogen-bond acceptors (Lipinski definition) is 3. The van der Waals surface area contributed by atoms with E-state index in [1.165, 1.54) is 5.69 Å². The highest BCUT2D eigenvalue weighted by Crippen LogP contribution is 2.31. The second-order valence-corrected chi connectivity index (χ2v) is 5.01. The fourth-order valence-electron chi connectivity index (χ4n) is 2.78. The van der Waals surface area contributed by atoms with E-state index in [-0.39, 0.29) is 5.54 Å². The molecule has 0 unspecified atom stereocenters. The van der Waals surface area contributed by atoms with Crippen LogP contribution in [0.25, 0.3) is 0 Å². The van der Waals surface area contributed by atoms with Crippen molar-refractivity contribution in [2.24, 2.45) is 0 Å². The van der Waals surface area contributed by atoms with Crippen LogP contribution in [0.5, 0.6) is 5.75 Å². The number of rotatable bonds is 4. The summed E-state index contributed by atoms with van der Waals surface area (Å²) in [7, 11) is 1.74. The number of benzene rings is 1. The molecule has 0 saturated carbocycles. The number of piperazine rings is 1. The van der Waals surface area contributed by atoms with Crippen LogP contribution in [0.4, 0.5) is 5.69 Å². The van der Waals surface area contributed by atoms with E-state index in [4.69, 9.17) is 4.74 Å². The third-order valence-electron chi connectivity index (χ3n) is 4.15. The van der Waals surface area contributed by atoms with Crippen molar-refractivity contribution in [2.75, 3.05) is 31.6 Å². The number of methoxy groups -OCH3 is 1. The molecule has 3 heteroatoms. The van der Waals surface area contributed by atoms with Gasteiger partial charge in [-0.05, 0) is 25.0 Å². The molecule has 1 saturated heterocycles. The minimum atomic E-state index is 0.249. The molecule has 100 valence electrons. The summed E-state index contributed by atoms with van der Waals surface area (Å²) in [6.07, 6.45) is 2.32. The van der Waals surface area contributed by atoms with Crippen molar-refractivity contribution < 1.29 is 4.74 Å². The van der Waals surface area contributed by atoms with Crippen LogP contribution >= 0.6 is 0 Å². The van der Waals surface area contributed by atoms with Crippen LogP contribution < -0.4 is 15.0 Å². The summed E-state index contributed by atoms with van der Waals surface area (Å²) in [4.78, 5) is 2.45. The fraction of sp³-hybridized carbons (Fsp3) is 0.600. The number of ether oxygens (including phenoxy) is 1. The molecule has 2 rings (SSSR count). The molecule has 0 atom stereocenters. The SMILES string of the molecule is CCC1(CC)CN(c2ccccc2OC)CCN1. The Balaban J connectivity index is 2.23. The van der Waals surface area contributed by atoms with Crippen LogP contribution in [0.15, 0.2) is 24.3 Å². The Hall–Kier alpha value is -1.22. The molecule has 1 heterocycles. The van der Waals surface area contributed by atoms with Crippen molar-refractivity contribution in [3.05, 3.63) is 24.3 Å². The van der Waals surface area contributed by atoms with E-state index in [1.807, 2.05) is 12.1 Å². The predicted molar refractivity (Wildman–Crippen MR) is 76.5 cm³/mol. The van der Waals surface area contributed by atoms with Crippen LogP contribution in [0, 0.1) is 0 Å². The van der Waals surface area contributed by atoms with Crippen molar-refractivity contribution in [1.29, 1.82) is 0 Å². The van der Waals surface area contributed by atoms with E-state index in [0.717, 1.165) is 38.2 Å². The fourth-order valence-corrected chi connectivity index (χ4v) is 2.78. The smallest absolute Gasteiger partial charge is 0.142 e. The van der Waals surface area contributed by atoms with Gasteiger partial charge in [0.15, 0.2) is 0 Å². The van der Waals surface area contributed by atoms with Crippen molar-refractivity contribution in [1.82, 2.24) is 5.32 Å². The topological polar surface area (TPSA) is 24.5 Å². The molecule has 0 spiro atoms. The third-order valence-corrected chi connectivity index (χ3v) is 4.15. The van der Waals surface area contributed by atoms with Gasteiger partial charge in [0.05, 0.1) is 12.8 Å². The van der Waals surface area contributed by atoms with Gasteiger partial charge in [0.2, 0.25) is 0 Å². The van der Waals surface area contributed by atoms with Gasteiger partial charge in [-0.1, -0.05) is 26.0 Å². The van der Waals surface area contributed by atoms with Gasteiger partial charge < -0.3 is 15.0 Å². The third kappa shape index (κ3) is 2.46. The zero-order valence-corrected chi connectivity index (χ0v) is 11.7. The summed E-state index contributed by atoms with van der Waals surface area (Å²) in [5.41, 5.74) is 1.46. The lowest BCUT2D eigenvalue weighted by atomic mass is 9.90. The summed E-state index contributed by atoms with van der Waals surface area (Å²) in [6, 6.07) is 8.30. The monoisotopic (exact) mass is 248 g/mol. The van der Waals surface area contributed by atoms with E-state index in [1.54, 1.807) is 7.11 Å². The van der Waals surface area contributed by atoms with Crippen LogP contribution in [-0.2, 0) is 0 Å². The summed E-state index contributed by atoms with van der Waals surface area (Å²) < 4.78 is 5.47. The van der Waals surface area contributed by atoms with Gasteiger partial charge in [-0.3, -0.25) is 0 Å². The highest BCUT2D eigenvalue weighted by molar-refractivity contribution is 5.59. The maximum absolute atomic E-state index is 5.47. The maximum atomic E-state index is 5.47. The molecule has 1 aromatic carbocycles. The maximum Gasteiger partial charge on any atom is 0.142 e. The lowest BCUT2D eigenvalue weighted by Gasteiger charge is -2.44. The van der Waals surface area contributed by atoms with Crippen molar-refractivity contribution in [3.8, 4) is 5.75 Å². The Morgan fingerprint density at radius 2 is 2.00 bits per heavy atom. The first-order chi connectivity index (χ1) is 8.74. The molecule has 0 amide bonds. The number of hydrogen-bond donors (Lipinski definition) is 1. The first kappa shape index (κ1) is 13.2. The van der Waals surface area contributed by atoms with E-state index in [2.05, 4.69) is 36.2 Å². The number of para-hydroxylation sites is 2. The van der Waals surface area contributed by atoms with E-state index < -0.39 is 0 Å². The quantitative estimate of drug-likeness (QED) is 0.886. The summed E-state index contributed by atoms with van der Waals surface area (Å²) in [5, 5.41) is 3.69. The van der Waals surface area contributed by atoms with E-state index in [9.17, 15) is 0 Å². The van der Waals surface area contributed by atoms with E-state index >= 15 is 0 Å². The Kier molecular flexibility index (Phi) is 4.12. The van der Waals surface area contributed by atoms with Gasteiger partial charge in [0, 0.05) is 25.2 Å². The average molecular weight is 248 g/mol. The summed E-state index contributed by atoms with van der Waals surface area (Å²) in [5.74, 6) is 0.973. The normalized spacial score (nSPS) is 18.7. The number of anilines is 1. The average Bonchev–Trinajstić information content (AvgIpc) is 2.47. The molecule has 0 aliphatic carbocycles. The lowest BCUT2D eigenvalue weighted by Crippen LogP contribution is -2.60. The van der Waals surface area contributed by atoms with Gasteiger partial charge in [-0.2, -0.15) is 0 Å². The molecular formula is C15H24N2O. The minimum Gasteiger partial charge on any atom is -0.495 e. The highest BCUT2D eigenvalue weighted by atomic mass is 16.5. The molecule has 1 aromatic rings. The molecule has 3 nitrogen and oxygen atoms in total. The first-order valence-corrected chi connectivity index (χ1v) is 6.87. The Labute approximate surface area is 110 Å². The summed E-state index contributed by atoms with van der Waals surface area (Å²) in [6.45, 7) is 7.67. The second-order valence-electron chi connectivity index (χ2n) is 5.01. The Bertz CT molecular complexity index is 388. The van der Waals surface area contributed by atoms with Gasteiger partial charge in [0.1, 0.15) is 5.75 Å². The molecule has 0 aromatic heterocycles. The molecule has 1 aliphatic rings. The highest BCUT2D eigenvalue weighted by Gasteiger charge is 2.32. The zero-order valence-electron chi connectivity index (χ0n) is 11.7. The standard InChI is InChI=1S/C15H24N2O/c1-4-15(5-2)12-17(11-10-16-15)13-8-6-7-9-14(13)18-3/h6-9,16H,4-5,10-12H2,1-3H3. The number of nitrogens with zero attached hydrogens (tertiary/aromatic N) is 1. The Morgan fingerprint density at radius 3 is 2.67 bits per heavy atom. The molecule has 1 N–H and O–H groups in total. The van der Waals surface area contributed by atoms with Crippen LogP contribution in [-0.4, -0.2) is 32.3 Å². The predicted octanol–water partition coefficient (Wildman–Crippen LogP) is 2.66. The van der Waals surface area contributed by atoms with Crippen LogP contribution in [0.2, 0.25) is 0 Å². The second kappa shape index (κ2) is 5.61. The van der Waals surface area contributed by atoms with Crippen LogP contribution in [0.3, 0.4) is 0 Å². The van der Waals surface area contributed by atoms with Crippen LogP contribution in [0.1, 0.15) is 26.7 Å². The van der Waals surface area contributed by atoms with Crippen molar-refractivity contribution >= 4 is 5.69 Å². The van der Waals surface area contributed by atoms with Crippen molar-refractivity contribution in [3.63, 3.8) is 0 Å². The Morgan fingerprint density at radius 1 is 1.28 bits per heavy atom. The molecule has 18 heavy (non-hydrogen) atoms. The first-order valence-electron chi connectivity index (χ1n) is 6.87. The zero-order chi connectivity index (χ0) is 13.0. The lowest BCUT2D eigenvalue weighted by molar-refractivity contribution is 0.276. The molecule has 1 fully saturated rings. The van der Waals surface area contributed by atoms with Gasteiger partial charge >= 0.3 is 0 Å². The molecule has 0 bridgehead atoms. The minimum absolute atomic E-state index is 0.249. The molecular weight excluding hydrogens is 224 g/mol. The number of nitrogens with one attached hydrogen (secondary N) is 1. The molecule has 1 aliphatic heterocycles. The van der Waals surface area contributed by atoms with Crippen molar-refractivity contribution in [2.45, 2.75) is 32.2 Å². The largest absolute Gasteiger partial charge is 0.495 e. The summed E-state index contributed by atoms with van der Waals surface area (Å²) >= 11 is 0.